The molecule has 3 rings (SSSR count). The number of carbonyl (C=O) groups excluding carboxylic acids is 1. The quantitative estimate of drug-likeness (QED) is 0.868. The van der Waals surface area contributed by atoms with Crippen molar-refractivity contribution in [3.8, 4) is 0 Å². The first-order valence-corrected chi connectivity index (χ1v) is 7.28. The average Bonchev–Trinajstić information content (AvgIpc) is 3.07. The standard InChI is InChI=1S/C15H19N3O3/c1-10-7-12(21-16-10)9-15(19)18-6-4-3-5-14(18)13-8-11(2)20-17-13/h7-8,14H,3-6,9H2,1-2H3. The number of hydrogen-bond acceptors (Lipinski definition) is 5. The Hall–Kier alpha value is -2.11. The molecule has 1 unspecified atom stereocenters. The normalized spacial score (nSPS) is 19.0. The second-order valence-corrected chi connectivity index (χ2v) is 5.57. The number of carbonyl (C=O) groups is 1. The number of hydrogen-bond donors (Lipinski definition) is 0. The van der Waals surface area contributed by atoms with Gasteiger partial charge in [0.25, 0.3) is 0 Å². The minimum Gasteiger partial charge on any atom is -0.361 e. The van der Waals surface area contributed by atoms with Gasteiger partial charge in [0.15, 0.2) is 0 Å². The lowest BCUT2D eigenvalue weighted by Crippen LogP contribution is -2.39. The molecule has 0 spiro atoms. The van der Waals surface area contributed by atoms with E-state index in [0.29, 0.717) is 5.76 Å². The SMILES string of the molecule is Cc1cc(CC(=O)N2CCCCC2c2cc(C)on2)on1. The third kappa shape index (κ3) is 2.99. The predicted octanol–water partition coefficient (Wildman–Crippen LogP) is 2.58. The highest BCUT2D eigenvalue weighted by molar-refractivity contribution is 5.78. The maximum absolute atomic E-state index is 12.5. The molecule has 1 saturated heterocycles. The fourth-order valence-electron chi connectivity index (χ4n) is 2.83. The summed E-state index contributed by atoms with van der Waals surface area (Å²) >= 11 is 0. The van der Waals surface area contributed by atoms with Crippen LogP contribution in [0.2, 0.25) is 0 Å². The van der Waals surface area contributed by atoms with Gasteiger partial charge in [0, 0.05) is 18.7 Å². The molecule has 6 heteroatoms. The summed E-state index contributed by atoms with van der Waals surface area (Å²) in [6, 6.07) is 3.72. The number of piperidine rings is 1. The lowest BCUT2D eigenvalue weighted by Gasteiger charge is -2.34. The lowest BCUT2D eigenvalue weighted by molar-refractivity contribution is -0.134. The van der Waals surface area contributed by atoms with E-state index < -0.39 is 0 Å². The largest absolute Gasteiger partial charge is 0.361 e. The van der Waals surface area contributed by atoms with Crippen LogP contribution in [0.1, 0.15) is 48.2 Å². The van der Waals surface area contributed by atoms with Crippen molar-refractivity contribution in [2.45, 2.75) is 45.6 Å². The number of rotatable bonds is 3. The van der Waals surface area contributed by atoms with E-state index in [1.165, 1.54) is 0 Å². The number of aryl methyl sites for hydroxylation is 2. The summed E-state index contributed by atoms with van der Waals surface area (Å²) in [7, 11) is 0. The minimum absolute atomic E-state index is 0.00715. The lowest BCUT2D eigenvalue weighted by atomic mass is 9.98. The smallest absolute Gasteiger partial charge is 0.230 e. The molecule has 1 fully saturated rings. The summed E-state index contributed by atoms with van der Waals surface area (Å²) in [6.07, 6.45) is 3.29. The van der Waals surface area contributed by atoms with E-state index in [1.54, 1.807) is 6.07 Å². The van der Waals surface area contributed by atoms with Gasteiger partial charge in [0.05, 0.1) is 18.2 Å². The Balaban J connectivity index is 1.75. The van der Waals surface area contributed by atoms with E-state index in [1.807, 2.05) is 24.8 Å². The molecule has 6 nitrogen and oxygen atoms in total. The van der Waals surface area contributed by atoms with Crippen LogP contribution in [0, 0.1) is 13.8 Å². The second-order valence-electron chi connectivity index (χ2n) is 5.57. The molecule has 0 radical (unpaired) electrons. The fraction of sp³-hybridized carbons (Fsp3) is 0.533. The van der Waals surface area contributed by atoms with Crippen LogP contribution in [-0.4, -0.2) is 27.7 Å². The molecule has 3 heterocycles. The first-order chi connectivity index (χ1) is 10.1. The van der Waals surface area contributed by atoms with Crippen molar-refractivity contribution in [2.24, 2.45) is 0 Å². The molecule has 2 aromatic rings. The van der Waals surface area contributed by atoms with E-state index in [4.69, 9.17) is 9.05 Å². The van der Waals surface area contributed by atoms with E-state index in [0.717, 1.165) is 43.0 Å². The number of amides is 1. The number of likely N-dealkylation sites (tertiary alicyclic amines) is 1. The molecule has 1 aliphatic rings. The molecular formula is C15H19N3O3. The molecule has 0 saturated carbocycles. The first-order valence-electron chi connectivity index (χ1n) is 7.28. The summed E-state index contributed by atoms with van der Waals surface area (Å²) in [6.45, 7) is 4.46. The average molecular weight is 289 g/mol. The fourth-order valence-corrected chi connectivity index (χ4v) is 2.83. The van der Waals surface area contributed by atoms with E-state index >= 15 is 0 Å². The van der Waals surface area contributed by atoms with Gasteiger partial charge in [0.2, 0.25) is 5.91 Å². The van der Waals surface area contributed by atoms with Gasteiger partial charge in [-0.3, -0.25) is 4.79 Å². The monoisotopic (exact) mass is 289 g/mol. The van der Waals surface area contributed by atoms with Crippen molar-refractivity contribution in [3.05, 3.63) is 35.0 Å². The number of nitrogens with zero attached hydrogens (tertiary/aromatic N) is 3. The highest BCUT2D eigenvalue weighted by Gasteiger charge is 2.30. The molecule has 0 aromatic carbocycles. The zero-order valence-corrected chi connectivity index (χ0v) is 12.3. The highest BCUT2D eigenvalue weighted by Crippen LogP contribution is 2.31. The van der Waals surface area contributed by atoms with Gasteiger partial charge in [-0.15, -0.1) is 0 Å². The molecule has 112 valence electrons. The molecule has 0 aliphatic carbocycles. The highest BCUT2D eigenvalue weighted by atomic mass is 16.5. The van der Waals surface area contributed by atoms with Gasteiger partial charge in [-0.1, -0.05) is 10.3 Å². The van der Waals surface area contributed by atoms with Crippen molar-refractivity contribution >= 4 is 5.91 Å². The van der Waals surface area contributed by atoms with Crippen LogP contribution in [0.4, 0.5) is 0 Å². The van der Waals surface area contributed by atoms with Gasteiger partial charge < -0.3 is 13.9 Å². The molecule has 1 atom stereocenters. The third-order valence-corrected chi connectivity index (χ3v) is 3.81. The Morgan fingerprint density at radius 2 is 2.14 bits per heavy atom. The van der Waals surface area contributed by atoms with Crippen LogP contribution in [0.3, 0.4) is 0 Å². The Bertz CT molecular complexity index is 632. The van der Waals surface area contributed by atoms with Gasteiger partial charge in [-0.25, -0.2) is 0 Å². The molecule has 2 aromatic heterocycles. The predicted molar refractivity (Wildman–Crippen MR) is 74.5 cm³/mol. The van der Waals surface area contributed by atoms with Crippen LogP contribution in [0.5, 0.6) is 0 Å². The summed E-state index contributed by atoms with van der Waals surface area (Å²) in [4.78, 5) is 14.4. The summed E-state index contributed by atoms with van der Waals surface area (Å²) in [5.74, 6) is 1.43. The summed E-state index contributed by atoms with van der Waals surface area (Å²) in [5, 5.41) is 7.90. The minimum atomic E-state index is 0.00715. The van der Waals surface area contributed by atoms with Crippen LogP contribution in [0.15, 0.2) is 21.2 Å². The third-order valence-electron chi connectivity index (χ3n) is 3.81. The van der Waals surface area contributed by atoms with E-state index in [9.17, 15) is 4.79 Å². The zero-order chi connectivity index (χ0) is 14.8. The van der Waals surface area contributed by atoms with Crippen LogP contribution in [-0.2, 0) is 11.2 Å². The van der Waals surface area contributed by atoms with Crippen molar-refractivity contribution in [3.63, 3.8) is 0 Å². The summed E-state index contributed by atoms with van der Waals surface area (Å²) < 4.78 is 10.3. The number of aromatic nitrogens is 2. The Labute approximate surface area is 123 Å². The second kappa shape index (κ2) is 5.71. The molecule has 1 aliphatic heterocycles. The van der Waals surface area contributed by atoms with Crippen molar-refractivity contribution in [2.75, 3.05) is 6.54 Å². The Morgan fingerprint density at radius 3 is 2.81 bits per heavy atom. The van der Waals surface area contributed by atoms with Gasteiger partial charge in [-0.05, 0) is 33.1 Å². The molecule has 1 amide bonds. The van der Waals surface area contributed by atoms with E-state index in [2.05, 4.69) is 10.3 Å². The molecular weight excluding hydrogens is 270 g/mol. The topological polar surface area (TPSA) is 72.4 Å². The van der Waals surface area contributed by atoms with Gasteiger partial charge in [0.1, 0.15) is 17.2 Å². The molecule has 21 heavy (non-hydrogen) atoms. The van der Waals surface area contributed by atoms with Crippen molar-refractivity contribution in [1.82, 2.24) is 15.2 Å². The van der Waals surface area contributed by atoms with Crippen LogP contribution < -0.4 is 0 Å². The van der Waals surface area contributed by atoms with Gasteiger partial charge in [-0.2, -0.15) is 0 Å². The molecule has 0 N–H and O–H groups in total. The van der Waals surface area contributed by atoms with Crippen LogP contribution >= 0.6 is 0 Å². The summed E-state index contributed by atoms with van der Waals surface area (Å²) in [5.41, 5.74) is 1.63. The maximum Gasteiger partial charge on any atom is 0.230 e. The Morgan fingerprint density at radius 1 is 1.29 bits per heavy atom. The van der Waals surface area contributed by atoms with E-state index in [-0.39, 0.29) is 18.4 Å². The molecule has 0 bridgehead atoms. The zero-order valence-electron chi connectivity index (χ0n) is 12.3. The first kappa shape index (κ1) is 13.9. The maximum atomic E-state index is 12.5. The van der Waals surface area contributed by atoms with Crippen molar-refractivity contribution < 1.29 is 13.8 Å². The van der Waals surface area contributed by atoms with Crippen molar-refractivity contribution in [1.29, 1.82) is 0 Å². The Kier molecular flexibility index (Phi) is 3.77. The van der Waals surface area contributed by atoms with Crippen LogP contribution in [0.25, 0.3) is 0 Å². The van der Waals surface area contributed by atoms with Gasteiger partial charge >= 0.3 is 0 Å².